The first kappa shape index (κ1) is 17.0. The van der Waals surface area contributed by atoms with Gasteiger partial charge in [-0.05, 0) is 37.5 Å². The van der Waals surface area contributed by atoms with E-state index in [1.54, 1.807) is 13.3 Å². The van der Waals surface area contributed by atoms with E-state index in [0.29, 0.717) is 21.6 Å². The summed E-state index contributed by atoms with van der Waals surface area (Å²) in [5.41, 5.74) is 0.618. The third-order valence-electron chi connectivity index (χ3n) is 5.09. The minimum atomic E-state index is -0.110. The molecule has 4 heterocycles. The number of hydrogen-bond acceptors (Lipinski definition) is 5. The van der Waals surface area contributed by atoms with Gasteiger partial charge >= 0.3 is 0 Å². The summed E-state index contributed by atoms with van der Waals surface area (Å²) in [4.78, 5) is 33.3. The molecule has 0 bridgehead atoms. The number of aryl methyl sites for hydroxylation is 2. The molecule has 0 saturated carbocycles. The number of aromatic nitrogens is 2. The number of fused-ring (bicyclic) bond motifs is 1. The molecule has 0 N–H and O–H groups in total. The van der Waals surface area contributed by atoms with Gasteiger partial charge in [-0.2, -0.15) is 0 Å². The van der Waals surface area contributed by atoms with Gasteiger partial charge in [-0.25, -0.2) is 4.98 Å². The second kappa shape index (κ2) is 6.72. The highest BCUT2D eigenvalue weighted by Crippen LogP contribution is 2.35. The fourth-order valence-electron chi connectivity index (χ4n) is 3.67. The predicted octanol–water partition coefficient (Wildman–Crippen LogP) is 3.65. The highest BCUT2D eigenvalue weighted by molar-refractivity contribution is 7.20. The van der Waals surface area contributed by atoms with E-state index >= 15 is 0 Å². The monoisotopic (exact) mass is 371 g/mol. The lowest BCUT2D eigenvalue weighted by Gasteiger charge is -2.28. The minimum Gasteiger partial charge on any atom is -0.467 e. The van der Waals surface area contributed by atoms with Crippen molar-refractivity contribution in [3.63, 3.8) is 0 Å². The van der Waals surface area contributed by atoms with E-state index < -0.39 is 0 Å². The molecular formula is C19H21N3O3S. The van der Waals surface area contributed by atoms with Crippen LogP contribution in [0.1, 0.15) is 52.7 Å². The van der Waals surface area contributed by atoms with Gasteiger partial charge in [0, 0.05) is 13.6 Å². The number of nitrogens with zero attached hydrogens (tertiary/aromatic N) is 3. The summed E-state index contributed by atoms with van der Waals surface area (Å²) in [6.45, 7) is 2.54. The molecule has 0 unspecified atom stereocenters. The molecule has 1 atom stereocenters. The molecule has 7 heteroatoms. The standard InChI is InChI=1S/C19H21N3O3S/c1-12-15-17(20-11-21(2)18(15)23)26-16(12)19(24)22-9-5-3-4-7-13(22)14-8-6-10-25-14/h6,8,10-11,13H,3-5,7,9H2,1-2H3/t13-/m1/s1. The fourth-order valence-corrected chi connectivity index (χ4v) is 4.77. The number of amides is 1. The largest absolute Gasteiger partial charge is 0.467 e. The van der Waals surface area contributed by atoms with Crippen molar-refractivity contribution in [1.82, 2.24) is 14.5 Å². The Hall–Kier alpha value is -2.41. The lowest BCUT2D eigenvalue weighted by Crippen LogP contribution is -2.34. The molecule has 4 rings (SSSR count). The first-order valence-corrected chi connectivity index (χ1v) is 9.68. The van der Waals surface area contributed by atoms with Gasteiger partial charge in [0.2, 0.25) is 0 Å². The van der Waals surface area contributed by atoms with Crippen LogP contribution in [0.25, 0.3) is 10.2 Å². The Labute approximate surface area is 155 Å². The molecule has 6 nitrogen and oxygen atoms in total. The van der Waals surface area contributed by atoms with Crippen molar-refractivity contribution >= 4 is 27.5 Å². The summed E-state index contributed by atoms with van der Waals surface area (Å²) in [6.07, 6.45) is 7.21. The van der Waals surface area contributed by atoms with Crippen LogP contribution in [0.15, 0.2) is 33.9 Å². The van der Waals surface area contributed by atoms with Crippen LogP contribution >= 0.6 is 11.3 Å². The number of hydrogen-bond donors (Lipinski definition) is 0. The number of carbonyl (C=O) groups is 1. The van der Waals surface area contributed by atoms with Gasteiger partial charge in [-0.3, -0.25) is 9.59 Å². The third-order valence-corrected chi connectivity index (χ3v) is 6.28. The fraction of sp³-hybridized carbons (Fsp3) is 0.421. The maximum Gasteiger partial charge on any atom is 0.264 e. The molecular weight excluding hydrogens is 350 g/mol. The van der Waals surface area contributed by atoms with Crippen LogP contribution in [0.3, 0.4) is 0 Å². The Morgan fingerprint density at radius 3 is 2.96 bits per heavy atom. The normalized spacial score (nSPS) is 18.2. The summed E-state index contributed by atoms with van der Waals surface area (Å²) in [5, 5.41) is 0.549. The Morgan fingerprint density at radius 1 is 1.35 bits per heavy atom. The van der Waals surface area contributed by atoms with Crippen LogP contribution in [0, 0.1) is 6.92 Å². The summed E-state index contributed by atoms with van der Waals surface area (Å²) >= 11 is 1.31. The number of furan rings is 1. The molecule has 3 aromatic rings. The topological polar surface area (TPSA) is 68.3 Å². The molecule has 0 aromatic carbocycles. The third kappa shape index (κ3) is 2.76. The first-order valence-electron chi connectivity index (χ1n) is 8.87. The van der Waals surface area contributed by atoms with Gasteiger partial charge in [0.15, 0.2) is 0 Å². The van der Waals surface area contributed by atoms with Crippen molar-refractivity contribution in [2.45, 2.75) is 38.6 Å². The Morgan fingerprint density at radius 2 is 2.19 bits per heavy atom. The van der Waals surface area contributed by atoms with Crippen molar-refractivity contribution in [2.75, 3.05) is 6.54 Å². The van der Waals surface area contributed by atoms with Crippen molar-refractivity contribution in [2.24, 2.45) is 7.05 Å². The lowest BCUT2D eigenvalue weighted by atomic mass is 10.1. The molecule has 1 aliphatic rings. The molecule has 26 heavy (non-hydrogen) atoms. The second-order valence-corrected chi connectivity index (χ2v) is 7.78. The number of likely N-dealkylation sites (tertiary alicyclic amines) is 1. The summed E-state index contributed by atoms with van der Waals surface area (Å²) < 4.78 is 7.06. The lowest BCUT2D eigenvalue weighted by molar-refractivity contribution is 0.0663. The van der Waals surface area contributed by atoms with Crippen LogP contribution < -0.4 is 5.56 Å². The number of thiophene rings is 1. The minimum absolute atomic E-state index is 0.0316. The maximum atomic E-state index is 13.4. The summed E-state index contributed by atoms with van der Waals surface area (Å²) in [5.74, 6) is 0.795. The molecule has 0 radical (unpaired) electrons. The maximum absolute atomic E-state index is 13.4. The molecule has 1 saturated heterocycles. The van der Waals surface area contributed by atoms with Crippen molar-refractivity contribution in [1.29, 1.82) is 0 Å². The van der Waals surface area contributed by atoms with Crippen LogP contribution in [0.2, 0.25) is 0 Å². The molecule has 136 valence electrons. The van der Waals surface area contributed by atoms with E-state index in [2.05, 4.69) is 4.98 Å². The smallest absolute Gasteiger partial charge is 0.264 e. The zero-order valence-electron chi connectivity index (χ0n) is 14.9. The molecule has 1 fully saturated rings. The van der Waals surface area contributed by atoms with Crippen LogP contribution in [0.4, 0.5) is 0 Å². The molecule has 1 aliphatic heterocycles. The number of rotatable bonds is 2. The SMILES string of the molecule is Cc1c(C(=O)N2CCCCC[C@@H]2c2ccco2)sc2ncn(C)c(=O)c12. The Kier molecular flexibility index (Phi) is 4.40. The van der Waals surface area contributed by atoms with E-state index in [9.17, 15) is 9.59 Å². The van der Waals surface area contributed by atoms with Gasteiger partial charge in [-0.1, -0.05) is 12.8 Å². The van der Waals surface area contributed by atoms with E-state index in [-0.39, 0.29) is 17.5 Å². The van der Waals surface area contributed by atoms with Crippen molar-refractivity contribution in [3.8, 4) is 0 Å². The molecule has 0 aliphatic carbocycles. The predicted molar refractivity (Wildman–Crippen MR) is 101 cm³/mol. The van der Waals surface area contributed by atoms with Gasteiger partial charge < -0.3 is 13.9 Å². The summed E-state index contributed by atoms with van der Waals surface area (Å²) in [6, 6.07) is 3.74. The zero-order chi connectivity index (χ0) is 18.3. The van der Waals surface area contributed by atoms with Crippen molar-refractivity contribution in [3.05, 3.63) is 51.3 Å². The summed E-state index contributed by atoms with van der Waals surface area (Å²) in [7, 11) is 1.68. The molecule has 3 aromatic heterocycles. The van der Waals surface area contributed by atoms with Crippen LogP contribution in [-0.4, -0.2) is 26.9 Å². The van der Waals surface area contributed by atoms with E-state index in [1.807, 2.05) is 24.0 Å². The number of carbonyl (C=O) groups excluding carboxylic acids is 1. The van der Waals surface area contributed by atoms with Gasteiger partial charge in [-0.15, -0.1) is 11.3 Å². The van der Waals surface area contributed by atoms with E-state index in [0.717, 1.165) is 37.0 Å². The zero-order valence-corrected chi connectivity index (χ0v) is 15.7. The van der Waals surface area contributed by atoms with Crippen molar-refractivity contribution < 1.29 is 9.21 Å². The van der Waals surface area contributed by atoms with Crippen LogP contribution in [0.5, 0.6) is 0 Å². The van der Waals surface area contributed by atoms with E-state index in [4.69, 9.17) is 4.42 Å². The highest BCUT2D eigenvalue weighted by Gasteiger charge is 2.31. The average molecular weight is 371 g/mol. The molecule has 0 spiro atoms. The van der Waals surface area contributed by atoms with Gasteiger partial charge in [0.1, 0.15) is 10.6 Å². The Balaban J connectivity index is 1.78. The molecule has 1 amide bonds. The Bertz CT molecular complexity index is 1000. The average Bonchev–Trinajstić information content (AvgIpc) is 3.20. The van der Waals surface area contributed by atoms with Crippen LogP contribution in [-0.2, 0) is 7.05 Å². The highest BCUT2D eigenvalue weighted by atomic mass is 32.1. The van der Waals surface area contributed by atoms with Gasteiger partial charge in [0.25, 0.3) is 11.5 Å². The second-order valence-electron chi connectivity index (χ2n) is 6.78. The van der Waals surface area contributed by atoms with Gasteiger partial charge in [0.05, 0.1) is 28.9 Å². The quantitative estimate of drug-likeness (QED) is 0.689. The first-order chi connectivity index (χ1) is 12.6. The van der Waals surface area contributed by atoms with E-state index in [1.165, 1.54) is 22.2 Å².